The van der Waals surface area contributed by atoms with Gasteiger partial charge in [0.05, 0.1) is 6.61 Å². The summed E-state index contributed by atoms with van der Waals surface area (Å²) in [7, 11) is 1.67. The number of carbonyl (C=O) groups is 1. The lowest BCUT2D eigenvalue weighted by Gasteiger charge is -2.38. The van der Waals surface area contributed by atoms with E-state index in [0.717, 1.165) is 69.6 Å². The van der Waals surface area contributed by atoms with Crippen molar-refractivity contribution in [1.82, 2.24) is 19.8 Å². The molecule has 9 nitrogen and oxygen atoms in total. The number of likely N-dealkylation sites (tertiary alicyclic amines) is 1. The monoisotopic (exact) mass is 545 g/mol. The Morgan fingerprint density at radius 2 is 1.68 bits per heavy atom. The number of nitrogens with one attached hydrogen (secondary N) is 2. The number of hydrogen-bond donors (Lipinski definition) is 2. The minimum Gasteiger partial charge on any atom is -0.760 e. The third-order valence-corrected chi connectivity index (χ3v) is 7.11. The molecule has 0 radical (unpaired) electrons. The fraction of sp³-hybridized carbons (Fsp3) is 0.536. The van der Waals surface area contributed by atoms with E-state index in [1.165, 1.54) is 5.56 Å². The lowest BCUT2D eigenvalue weighted by atomic mass is 10.0. The van der Waals surface area contributed by atoms with Crippen LogP contribution in [-0.4, -0.2) is 70.5 Å². The van der Waals surface area contributed by atoms with Crippen molar-refractivity contribution in [2.75, 3.05) is 39.9 Å². The van der Waals surface area contributed by atoms with Crippen molar-refractivity contribution < 1.29 is 23.0 Å². The summed E-state index contributed by atoms with van der Waals surface area (Å²) in [6.45, 7) is 7.03. The average Bonchev–Trinajstić information content (AvgIpc) is 2.93. The van der Waals surface area contributed by atoms with Crippen molar-refractivity contribution in [3.05, 3.63) is 59.7 Å². The maximum Gasteiger partial charge on any atom is 0.317 e. The van der Waals surface area contributed by atoms with Crippen LogP contribution in [-0.2, 0) is 29.1 Å². The number of piperidine rings is 1. The minimum absolute atomic E-state index is 0.0254. The van der Waals surface area contributed by atoms with Gasteiger partial charge < -0.3 is 24.2 Å². The summed E-state index contributed by atoms with van der Waals surface area (Å²) in [6.07, 6.45) is 5.18. The van der Waals surface area contributed by atoms with Gasteiger partial charge in [0.2, 0.25) is 0 Å². The van der Waals surface area contributed by atoms with Crippen molar-refractivity contribution in [3.63, 3.8) is 0 Å². The first kappa shape index (κ1) is 30.0. The average molecular weight is 546 g/mol. The number of ether oxygens (including phenoxy) is 2. The minimum atomic E-state index is -2.28. The van der Waals surface area contributed by atoms with Gasteiger partial charge in [-0.2, -0.15) is 0 Å². The maximum absolute atomic E-state index is 12.8. The van der Waals surface area contributed by atoms with E-state index in [1.54, 1.807) is 7.11 Å². The Hall–Kier alpha value is -2.50. The molecule has 210 valence electrons. The third-order valence-electron chi connectivity index (χ3n) is 6.73. The predicted octanol–water partition coefficient (Wildman–Crippen LogP) is 4.18. The highest BCUT2D eigenvalue weighted by Crippen LogP contribution is 2.24. The van der Waals surface area contributed by atoms with Crippen molar-refractivity contribution in [3.8, 4) is 11.5 Å². The number of unbranched alkanes of at least 4 members (excludes halogenated alkanes) is 2. The first-order chi connectivity index (χ1) is 18.5. The fourth-order valence-corrected chi connectivity index (χ4v) is 4.86. The zero-order chi connectivity index (χ0) is 27.2. The molecule has 10 heteroatoms. The second-order valence-electron chi connectivity index (χ2n) is 9.58. The smallest absolute Gasteiger partial charge is 0.317 e. The van der Waals surface area contributed by atoms with E-state index < -0.39 is 11.3 Å². The molecule has 2 aromatic carbocycles. The lowest BCUT2D eigenvalue weighted by Crippen LogP contribution is -2.51. The third kappa shape index (κ3) is 10.3. The first-order valence-electron chi connectivity index (χ1n) is 13.4. The van der Waals surface area contributed by atoms with E-state index in [9.17, 15) is 13.6 Å². The summed E-state index contributed by atoms with van der Waals surface area (Å²) in [5, 5.41) is 3.09. The van der Waals surface area contributed by atoms with Crippen molar-refractivity contribution in [2.24, 2.45) is 0 Å². The van der Waals surface area contributed by atoms with Crippen LogP contribution in [0.15, 0.2) is 48.5 Å². The normalized spacial score (nSPS) is 15.2. The van der Waals surface area contributed by atoms with Crippen LogP contribution >= 0.6 is 0 Å². The zero-order valence-electron chi connectivity index (χ0n) is 22.5. The number of rotatable bonds is 15. The van der Waals surface area contributed by atoms with Crippen molar-refractivity contribution in [1.29, 1.82) is 0 Å². The highest BCUT2D eigenvalue weighted by Gasteiger charge is 2.27. The van der Waals surface area contributed by atoms with Crippen LogP contribution in [0.2, 0.25) is 0 Å². The highest BCUT2D eigenvalue weighted by atomic mass is 32.2. The van der Waals surface area contributed by atoms with E-state index in [4.69, 9.17) is 9.47 Å². The summed E-state index contributed by atoms with van der Waals surface area (Å²) in [6, 6.07) is 15.7. The summed E-state index contributed by atoms with van der Waals surface area (Å²) >= 11 is -2.28. The Bertz CT molecular complexity index is 982. The second kappa shape index (κ2) is 16.5. The van der Waals surface area contributed by atoms with Gasteiger partial charge in [-0.25, -0.2) is 9.52 Å². The Morgan fingerprint density at radius 1 is 1.05 bits per heavy atom. The maximum atomic E-state index is 12.8. The number of amides is 2. The van der Waals surface area contributed by atoms with Gasteiger partial charge in [-0.05, 0) is 54.7 Å². The Morgan fingerprint density at radius 3 is 2.26 bits per heavy atom. The first-order valence-corrected chi connectivity index (χ1v) is 14.5. The quantitative estimate of drug-likeness (QED) is 0.257. The van der Waals surface area contributed by atoms with E-state index in [2.05, 4.69) is 34.0 Å². The Labute approximate surface area is 229 Å². The van der Waals surface area contributed by atoms with Gasteiger partial charge in [0.25, 0.3) is 0 Å². The van der Waals surface area contributed by atoms with E-state index in [1.807, 2.05) is 41.3 Å². The summed E-state index contributed by atoms with van der Waals surface area (Å²) < 4.78 is 34.8. The van der Waals surface area contributed by atoms with Crippen LogP contribution in [0.4, 0.5) is 4.79 Å². The van der Waals surface area contributed by atoms with E-state index in [0.29, 0.717) is 18.9 Å². The molecule has 0 spiro atoms. The highest BCUT2D eigenvalue weighted by molar-refractivity contribution is 7.77. The fourth-order valence-electron chi connectivity index (χ4n) is 4.58. The molecule has 1 heterocycles. The SMILES string of the molecule is CCCCCNC(=O)N(CCOC)C1CCN(Cc2ccc(Oc3ccc(CNS(=O)[O-])cc3)cc2)CC1. The molecule has 38 heavy (non-hydrogen) atoms. The Kier molecular flexibility index (Phi) is 13.0. The Balaban J connectivity index is 1.45. The largest absolute Gasteiger partial charge is 0.760 e. The standard InChI is InChI=1S/C28H42N4O5S/c1-3-4-5-16-29-28(33)32(19-20-36-2)25-14-17-31(18-15-25)22-24-8-12-27(13-9-24)37-26-10-6-23(7-11-26)21-30-38(34)35/h6-13,25,30H,3-5,14-22H2,1-2H3,(H,29,33)(H,34,35)/p-1. The molecule has 0 aromatic heterocycles. The van der Waals surface area contributed by atoms with Crippen molar-refractivity contribution >= 4 is 17.3 Å². The molecule has 0 bridgehead atoms. The molecular weight excluding hydrogens is 504 g/mol. The van der Waals surface area contributed by atoms with Gasteiger partial charge in [0.1, 0.15) is 11.5 Å². The van der Waals surface area contributed by atoms with Gasteiger partial charge in [0.15, 0.2) is 0 Å². The molecule has 0 saturated carbocycles. The van der Waals surface area contributed by atoms with Crippen LogP contribution in [0.1, 0.15) is 50.2 Å². The molecule has 1 aliphatic rings. The van der Waals surface area contributed by atoms with Gasteiger partial charge in [-0.3, -0.25) is 9.11 Å². The number of carbonyl (C=O) groups excluding carboxylic acids is 1. The molecule has 1 fully saturated rings. The van der Waals surface area contributed by atoms with Crippen LogP contribution < -0.4 is 14.8 Å². The number of methoxy groups -OCH3 is 1. The molecular formula is C28H41N4O5S-. The number of hydrogen-bond acceptors (Lipinski definition) is 6. The molecule has 2 amide bonds. The predicted molar refractivity (Wildman–Crippen MR) is 149 cm³/mol. The molecule has 1 unspecified atom stereocenters. The second-order valence-corrected chi connectivity index (χ2v) is 10.3. The molecule has 3 rings (SSSR count). The van der Waals surface area contributed by atoms with E-state index in [-0.39, 0.29) is 18.6 Å². The topological polar surface area (TPSA) is 106 Å². The number of urea groups is 1. The van der Waals surface area contributed by atoms with Gasteiger partial charge >= 0.3 is 6.03 Å². The summed E-state index contributed by atoms with van der Waals surface area (Å²) in [4.78, 5) is 17.2. The number of nitrogens with zero attached hydrogens (tertiary/aromatic N) is 2. The molecule has 1 aliphatic heterocycles. The van der Waals surface area contributed by atoms with Gasteiger partial charge in [0, 0.05) is 63.7 Å². The summed E-state index contributed by atoms with van der Waals surface area (Å²) in [5.74, 6) is 1.44. The van der Waals surface area contributed by atoms with Crippen LogP contribution in [0, 0.1) is 0 Å². The van der Waals surface area contributed by atoms with Crippen LogP contribution in [0.3, 0.4) is 0 Å². The van der Waals surface area contributed by atoms with Gasteiger partial charge in [-0.15, -0.1) is 0 Å². The number of benzene rings is 2. The summed E-state index contributed by atoms with van der Waals surface area (Å²) in [5.41, 5.74) is 2.07. The van der Waals surface area contributed by atoms with Crippen molar-refractivity contribution in [2.45, 2.75) is 58.2 Å². The van der Waals surface area contributed by atoms with Crippen LogP contribution in [0.5, 0.6) is 11.5 Å². The zero-order valence-corrected chi connectivity index (χ0v) is 23.3. The molecule has 0 aliphatic carbocycles. The molecule has 2 aromatic rings. The van der Waals surface area contributed by atoms with Crippen LogP contribution in [0.25, 0.3) is 0 Å². The molecule has 1 saturated heterocycles. The molecule has 1 atom stereocenters. The van der Waals surface area contributed by atoms with Gasteiger partial charge in [-0.1, -0.05) is 44.0 Å². The van der Waals surface area contributed by atoms with E-state index >= 15 is 0 Å². The molecule has 2 N–H and O–H groups in total. The lowest BCUT2D eigenvalue weighted by molar-refractivity contribution is 0.0930.